The first-order valence-corrected chi connectivity index (χ1v) is 12.0. The van der Waals surface area contributed by atoms with Crippen LogP contribution in [0.4, 0.5) is 11.4 Å². The van der Waals surface area contributed by atoms with Crippen molar-refractivity contribution in [1.82, 2.24) is 0 Å². The van der Waals surface area contributed by atoms with Crippen molar-refractivity contribution in [2.75, 3.05) is 11.8 Å². The fraction of sp³-hybridized carbons (Fsp3) is 0.231. The largest absolute Gasteiger partial charge is 0.468 e. The molecule has 1 aliphatic heterocycles. The topological polar surface area (TPSA) is 84.8 Å². The quantitative estimate of drug-likeness (QED) is 0.528. The van der Waals surface area contributed by atoms with E-state index in [1.807, 2.05) is 38.1 Å². The maximum Gasteiger partial charge on any atom is 0.317 e. The van der Waals surface area contributed by atoms with E-state index in [4.69, 9.17) is 4.74 Å². The number of sulfonamides is 1. The summed E-state index contributed by atoms with van der Waals surface area (Å²) in [5.74, 6) is -0.491. The zero-order valence-corrected chi connectivity index (χ0v) is 19.8. The monoisotopic (exact) mass is 462 g/mol. The molecule has 0 aliphatic carbocycles. The summed E-state index contributed by atoms with van der Waals surface area (Å²) < 4.78 is 34.3. The minimum Gasteiger partial charge on any atom is -0.468 e. The van der Waals surface area contributed by atoms with Gasteiger partial charge in [-0.05, 0) is 56.2 Å². The van der Waals surface area contributed by atoms with Crippen molar-refractivity contribution in [2.24, 2.45) is 4.99 Å². The van der Waals surface area contributed by atoms with Crippen LogP contribution in [0.25, 0.3) is 0 Å². The fourth-order valence-electron chi connectivity index (χ4n) is 4.43. The number of nitrogens with zero attached hydrogens (tertiary/aromatic N) is 1. The van der Waals surface area contributed by atoms with Crippen LogP contribution in [-0.4, -0.2) is 27.7 Å². The van der Waals surface area contributed by atoms with Crippen molar-refractivity contribution in [1.29, 1.82) is 0 Å². The number of carbonyl (C=O) groups excluding carboxylic acids is 1. The molecule has 1 heterocycles. The molecule has 0 saturated heterocycles. The van der Waals surface area contributed by atoms with Gasteiger partial charge in [-0.1, -0.05) is 54.1 Å². The van der Waals surface area contributed by atoms with Crippen molar-refractivity contribution in [2.45, 2.75) is 36.5 Å². The fourth-order valence-corrected chi connectivity index (χ4v) is 5.51. The molecule has 6 nitrogen and oxygen atoms in total. The molecule has 3 aromatic carbocycles. The summed E-state index contributed by atoms with van der Waals surface area (Å²) in [5.41, 5.74) is 1.26. The van der Waals surface area contributed by atoms with Crippen LogP contribution in [0.3, 0.4) is 0 Å². The summed E-state index contributed by atoms with van der Waals surface area (Å²) in [5, 5.41) is 0. The molecule has 33 heavy (non-hydrogen) atoms. The Labute approximate surface area is 194 Å². The summed E-state index contributed by atoms with van der Waals surface area (Å²) in [6, 6.07) is 21.1. The Morgan fingerprint density at radius 2 is 1.64 bits per heavy atom. The highest BCUT2D eigenvalue weighted by molar-refractivity contribution is 7.92. The van der Waals surface area contributed by atoms with E-state index < -0.39 is 26.8 Å². The number of methoxy groups -OCH3 is 1. The molecule has 1 N–H and O–H groups in total. The Balaban J connectivity index is 1.88. The van der Waals surface area contributed by atoms with Crippen LogP contribution in [0.1, 0.15) is 30.5 Å². The number of anilines is 1. The van der Waals surface area contributed by atoms with Gasteiger partial charge < -0.3 is 4.74 Å². The Bertz CT molecular complexity index is 1350. The lowest BCUT2D eigenvalue weighted by atomic mass is 9.59. The average molecular weight is 463 g/mol. The Kier molecular flexibility index (Phi) is 5.62. The molecule has 170 valence electrons. The molecule has 0 saturated carbocycles. The van der Waals surface area contributed by atoms with Crippen LogP contribution in [-0.2, 0) is 30.4 Å². The summed E-state index contributed by atoms with van der Waals surface area (Å²) >= 11 is 0. The maximum atomic E-state index is 13.4. The van der Waals surface area contributed by atoms with Gasteiger partial charge in [0, 0.05) is 11.6 Å². The van der Waals surface area contributed by atoms with Crippen LogP contribution in [0.5, 0.6) is 0 Å². The number of hydrogen-bond donors (Lipinski definition) is 1. The van der Waals surface area contributed by atoms with Gasteiger partial charge in [-0.15, -0.1) is 0 Å². The lowest BCUT2D eigenvalue weighted by molar-refractivity contribution is -0.148. The maximum absolute atomic E-state index is 13.4. The lowest BCUT2D eigenvalue weighted by Crippen LogP contribution is -2.52. The Hall–Kier alpha value is -3.45. The number of esters is 1. The summed E-state index contributed by atoms with van der Waals surface area (Å²) in [4.78, 5) is 18.1. The zero-order valence-electron chi connectivity index (χ0n) is 19.0. The molecule has 0 radical (unpaired) electrons. The van der Waals surface area contributed by atoms with E-state index in [0.29, 0.717) is 11.3 Å². The molecule has 0 fully saturated rings. The van der Waals surface area contributed by atoms with Gasteiger partial charge in [0.15, 0.2) is 0 Å². The van der Waals surface area contributed by atoms with E-state index in [0.717, 1.165) is 16.8 Å². The average Bonchev–Trinajstić information content (AvgIpc) is 3.17. The van der Waals surface area contributed by atoms with Gasteiger partial charge in [0.25, 0.3) is 10.0 Å². The van der Waals surface area contributed by atoms with Gasteiger partial charge >= 0.3 is 5.97 Å². The van der Waals surface area contributed by atoms with Gasteiger partial charge in [0.05, 0.1) is 23.4 Å². The van der Waals surface area contributed by atoms with E-state index >= 15 is 0 Å². The van der Waals surface area contributed by atoms with E-state index in [1.54, 1.807) is 61.7 Å². The van der Waals surface area contributed by atoms with Crippen molar-refractivity contribution in [3.05, 3.63) is 89.5 Å². The molecule has 7 heteroatoms. The van der Waals surface area contributed by atoms with Crippen molar-refractivity contribution in [3.63, 3.8) is 0 Å². The molecule has 0 unspecified atom stereocenters. The smallest absolute Gasteiger partial charge is 0.317 e. The first-order valence-electron chi connectivity index (χ1n) is 10.6. The van der Waals surface area contributed by atoms with Gasteiger partial charge in [0.2, 0.25) is 0 Å². The molecule has 0 amide bonds. The number of aliphatic imine (C=N–C) groups is 1. The molecule has 2 atom stereocenters. The number of aryl methyl sites for hydroxylation is 1. The normalized spacial score (nSPS) is 18.9. The van der Waals surface area contributed by atoms with Gasteiger partial charge in [-0.3, -0.25) is 14.5 Å². The van der Waals surface area contributed by atoms with E-state index in [2.05, 4.69) is 9.71 Å². The lowest BCUT2D eigenvalue weighted by Gasteiger charge is -2.41. The molecular formula is C26H26N2O4S. The number of benzene rings is 3. The molecule has 3 aromatic rings. The van der Waals surface area contributed by atoms with Crippen LogP contribution in [0.2, 0.25) is 0 Å². The SMILES string of the molecule is COC(=O)[C@@](C)(c1ccccc1NS(=O)(=O)c1ccc(C)cc1)[C@]1(C)C=Nc2ccccc21. The number of fused-ring (bicyclic) bond motifs is 1. The molecule has 1 aliphatic rings. The standard InChI is InChI=1S/C26H26N2O4S/c1-18-13-15-19(16-14-18)33(30,31)28-23-12-8-6-10-21(23)26(3,24(29)32-4)25(2)17-27-22-11-7-5-9-20(22)25/h5-17,28H,1-4H3/t25-,26-/m1/s1. The third-order valence-electron chi connectivity index (χ3n) is 6.60. The number of ether oxygens (including phenoxy) is 1. The highest BCUT2D eigenvalue weighted by Gasteiger charge is 2.56. The zero-order chi connectivity index (χ0) is 23.9. The second-order valence-corrected chi connectivity index (χ2v) is 10.2. The minimum atomic E-state index is -3.88. The van der Waals surface area contributed by atoms with E-state index in [9.17, 15) is 13.2 Å². The predicted molar refractivity (Wildman–Crippen MR) is 130 cm³/mol. The minimum absolute atomic E-state index is 0.140. The molecule has 0 bridgehead atoms. The Morgan fingerprint density at radius 3 is 2.33 bits per heavy atom. The third kappa shape index (κ3) is 3.62. The van der Waals surface area contributed by atoms with Crippen molar-refractivity contribution in [3.8, 4) is 0 Å². The van der Waals surface area contributed by atoms with E-state index in [1.165, 1.54) is 7.11 Å². The van der Waals surface area contributed by atoms with Gasteiger partial charge in [-0.2, -0.15) is 0 Å². The van der Waals surface area contributed by atoms with Crippen LogP contribution >= 0.6 is 0 Å². The van der Waals surface area contributed by atoms with Crippen molar-refractivity contribution >= 4 is 33.6 Å². The second kappa shape index (κ2) is 8.15. The highest BCUT2D eigenvalue weighted by Crippen LogP contribution is 2.51. The van der Waals surface area contributed by atoms with Crippen molar-refractivity contribution < 1.29 is 17.9 Å². The van der Waals surface area contributed by atoms with Crippen LogP contribution < -0.4 is 4.72 Å². The second-order valence-electron chi connectivity index (χ2n) is 8.56. The van der Waals surface area contributed by atoms with Crippen LogP contribution in [0.15, 0.2) is 82.7 Å². The summed E-state index contributed by atoms with van der Waals surface area (Å²) in [6.07, 6.45) is 1.75. The first kappa shape index (κ1) is 22.7. The third-order valence-corrected chi connectivity index (χ3v) is 7.98. The van der Waals surface area contributed by atoms with Gasteiger partial charge in [0.1, 0.15) is 5.41 Å². The number of carbonyl (C=O) groups is 1. The number of rotatable bonds is 6. The number of nitrogens with one attached hydrogen (secondary N) is 1. The number of para-hydroxylation sites is 2. The molecular weight excluding hydrogens is 436 g/mol. The molecule has 0 aromatic heterocycles. The highest BCUT2D eigenvalue weighted by atomic mass is 32.2. The summed E-state index contributed by atoms with van der Waals surface area (Å²) in [6.45, 7) is 5.58. The van der Waals surface area contributed by atoms with Crippen LogP contribution in [0, 0.1) is 6.92 Å². The van der Waals surface area contributed by atoms with Gasteiger partial charge in [-0.25, -0.2) is 8.42 Å². The molecule has 0 spiro atoms. The first-order chi connectivity index (χ1) is 15.6. The molecule has 4 rings (SSSR count). The predicted octanol–water partition coefficient (Wildman–Crippen LogP) is 4.90. The van der Waals surface area contributed by atoms with E-state index in [-0.39, 0.29) is 4.90 Å². The number of hydrogen-bond acceptors (Lipinski definition) is 5. The summed E-state index contributed by atoms with van der Waals surface area (Å²) in [7, 11) is -2.55. The Morgan fingerprint density at radius 1 is 1.00 bits per heavy atom.